The molecule has 0 saturated carbocycles. The van der Waals surface area contributed by atoms with Crippen molar-refractivity contribution >= 4 is 5.69 Å². The molecular weight excluding hydrogens is 267 g/mol. The van der Waals surface area contributed by atoms with E-state index in [9.17, 15) is 4.39 Å². The predicted molar refractivity (Wildman–Crippen MR) is 85.6 cm³/mol. The minimum atomic E-state index is -0.284. The molecule has 0 aliphatic carbocycles. The molecule has 1 aliphatic heterocycles. The summed E-state index contributed by atoms with van der Waals surface area (Å²) in [7, 11) is 0. The molecular formula is C17H27FN2O. The third-order valence-electron chi connectivity index (χ3n) is 4.07. The van der Waals surface area contributed by atoms with Crippen LogP contribution in [0.4, 0.5) is 10.1 Å². The van der Waals surface area contributed by atoms with Crippen LogP contribution in [0.15, 0.2) is 18.2 Å². The van der Waals surface area contributed by atoms with Crippen molar-refractivity contribution in [3.63, 3.8) is 0 Å². The lowest BCUT2D eigenvalue weighted by Crippen LogP contribution is -2.63. The quantitative estimate of drug-likeness (QED) is 0.920. The van der Waals surface area contributed by atoms with Crippen LogP contribution in [0.25, 0.3) is 0 Å². The van der Waals surface area contributed by atoms with Crippen molar-refractivity contribution in [3.8, 4) is 5.75 Å². The lowest BCUT2D eigenvalue weighted by molar-refractivity contribution is 0.276. The number of piperazine rings is 1. The first-order valence-electron chi connectivity index (χ1n) is 7.78. The monoisotopic (exact) mass is 294 g/mol. The number of hydrogen-bond donors (Lipinski definition) is 1. The number of nitrogens with zero attached hydrogens (tertiary/aromatic N) is 1. The van der Waals surface area contributed by atoms with Gasteiger partial charge in [0.2, 0.25) is 0 Å². The highest BCUT2D eigenvalue weighted by atomic mass is 19.1. The van der Waals surface area contributed by atoms with Crippen LogP contribution in [-0.4, -0.2) is 31.3 Å². The first kappa shape index (κ1) is 16.1. The van der Waals surface area contributed by atoms with Crippen LogP contribution in [-0.2, 0) is 0 Å². The minimum Gasteiger partial charge on any atom is -0.491 e. The number of nitrogens with one attached hydrogen (secondary N) is 1. The Balaban J connectivity index is 2.29. The van der Waals surface area contributed by atoms with Gasteiger partial charge in [0, 0.05) is 36.4 Å². The molecule has 1 fully saturated rings. The van der Waals surface area contributed by atoms with Crippen LogP contribution in [0.1, 0.15) is 34.6 Å². The van der Waals surface area contributed by atoms with Gasteiger partial charge >= 0.3 is 0 Å². The zero-order chi connectivity index (χ0) is 15.6. The van der Waals surface area contributed by atoms with Crippen molar-refractivity contribution in [2.45, 2.75) is 46.2 Å². The Morgan fingerprint density at radius 2 is 2.14 bits per heavy atom. The molecule has 3 nitrogen and oxygen atoms in total. The number of hydrogen-bond acceptors (Lipinski definition) is 3. The predicted octanol–water partition coefficient (Wildman–Crippen LogP) is 3.44. The average molecular weight is 294 g/mol. The molecule has 0 radical (unpaired) electrons. The Morgan fingerprint density at radius 3 is 2.71 bits per heavy atom. The molecule has 0 amide bonds. The van der Waals surface area contributed by atoms with E-state index >= 15 is 0 Å². The molecule has 1 aliphatic rings. The highest BCUT2D eigenvalue weighted by Crippen LogP contribution is 2.30. The molecule has 1 saturated heterocycles. The van der Waals surface area contributed by atoms with Gasteiger partial charge < -0.3 is 15.0 Å². The van der Waals surface area contributed by atoms with E-state index in [0.29, 0.717) is 24.3 Å². The number of halogens is 1. The van der Waals surface area contributed by atoms with Gasteiger partial charge in [-0.1, -0.05) is 13.8 Å². The molecule has 2 rings (SSSR count). The van der Waals surface area contributed by atoms with Crippen LogP contribution >= 0.6 is 0 Å². The maximum atomic E-state index is 14.1. The second kappa shape index (κ2) is 6.22. The lowest BCUT2D eigenvalue weighted by Gasteiger charge is -2.47. The summed E-state index contributed by atoms with van der Waals surface area (Å²) in [4.78, 5) is 2.32. The van der Waals surface area contributed by atoms with Crippen molar-refractivity contribution < 1.29 is 9.13 Å². The maximum absolute atomic E-state index is 14.1. The molecule has 0 bridgehead atoms. The highest BCUT2D eigenvalue weighted by Gasteiger charge is 2.34. The molecule has 0 aromatic heterocycles. The molecule has 118 valence electrons. The van der Waals surface area contributed by atoms with E-state index in [2.05, 4.69) is 37.9 Å². The van der Waals surface area contributed by atoms with Gasteiger partial charge in [-0.15, -0.1) is 0 Å². The summed E-state index contributed by atoms with van der Waals surface area (Å²) in [6.07, 6.45) is 0. The van der Waals surface area contributed by atoms with Gasteiger partial charge in [-0.3, -0.25) is 0 Å². The van der Waals surface area contributed by atoms with Gasteiger partial charge in [-0.2, -0.15) is 0 Å². The molecule has 1 aromatic rings. The fraction of sp³-hybridized carbons (Fsp3) is 0.647. The number of ether oxygens (including phenoxy) is 1. The first-order valence-corrected chi connectivity index (χ1v) is 7.78. The summed E-state index contributed by atoms with van der Waals surface area (Å²) in [5, 5.41) is 3.58. The zero-order valence-electron chi connectivity index (χ0n) is 13.7. The van der Waals surface area contributed by atoms with E-state index in [1.54, 1.807) is 12.1 Å². The molecule has 1 N–H and O–H groups in total. The second-order valence-corrected chi connectivity index (χ2v) is 6.75. The van der Waals surface area contributed by atoms with Gasteiger partial charge in [0.25, 0.3) is 0 Å². The molecule has 1 aromatic carbocycles. The third-order valence-corrected chi connectivity index (χ3v) is 4.07. The smallest absolute Gasteiger partial charge is 0.167 e. The van der Waals surface area contributed by atoms with Crippen molar-refractivity contribution in [1.29, 1.82) is 0 Å². The van der Waals surface area contributed by atoms with E-state index in [1.807, 2.05) is 13.0 Å². The van der Waals surface area contributed by atoms with Crippen LogP contribution in [0.5, 0.6) is 5.75 Å². The van der Waals surface area contributed by atoms with E-state index in [-0.39, 0.29) is 11.4 Å². The standard InChI is InChI=1S/C17H27FN2O/c1-6-21-16-8-7-13(9-14(16)18)20-11-17(4,5)19-10-15(20)12(2)3/h7-9,12,15,19H,6,10-11H2,1-5H3. The van der Waals surface area contributed by atoms with E-state index < -0.39 is 0 Å². The van der Waals surface area contributed by atoms with E-state index in [4.69, 9.17) is 4.74 Å². The van der Waals surface area contributed by atoms with Crippen molar-refractivity contribution in [1.82, 2.24) is 5.32 Å². The van der Waals surface area contributed by atoms with Gasteiger partial charge in [0.1, 0.15) is 0 Å². The molecule has 4 heteroatoms. The Hall–Kier alpha value is -1.29. The van der Waals surface area contributed by atoms with Crippen LogP contribution in [0, 0.1) is 11.7 Å². The fourth-order valence-electron chi connectivity index (χ4n) is 2.91. The van der Waals surface area contributed by atoms with E-state index in [0.717, 1.165) is 18.8 Å². The average Bonchev–Trinajstić information content (AvgIpc) is 2.39. The second-order valence-electron chi connectivity index (χ2n) is 6.75. The van der Waals surface area contributed by atoms with E-state index in [1.165, 1.54) is 0 Å². The summed E-state index contributed by atoms with van der Waals surface area (Å²) in [6, 6.07) is 5.67. The lowest BCUT2D eigenvalue weighted by atomic mass is 9.92. The first-order chi connectivity index (χ1) is 9.84. The zero-order valence-corrected chi connectivity index (χ0v) is 13.7. The maximum Gasteiger partial charge on any atom is 0.167 e. The summed E-state index contributed by atoms with van der Waals surface area (Å²) >= 11 is 0. The molecule has 1 heterocycles. The number of benzene rings is 1. The minimum absolute atomic E-state index is 0.0282. The Morgan fingerprint density at radius 1 is 1.43 bits per heavy atom. The van der Waals surface area contributed by atoms with Crippen molar-refractivity contribution in [2.24, 2.45) is 5.92 Å². The van der Waals surface area contributed by atoms with Gasteiger partial charge in [0.05, 0.1) is 6.61 Å². The Labute approximate surface area is 127 Å². The topological polar surface area (TPSA) is 24.5 Å². The molecule has 21 heavy (non-hydrogen) atoms. The summed E-state index contributed by atoms with van der Waals surface area (Å²) in [5.74, 6) is 0.549. The molecule has 1 atom stereocenters. The number of rotatable bonds is 4. The summed E-state index contributed by atoms with van der Waals surface area (Å²) in [5.41, 5.74) is 0.963. The van der Waals surface area contributed by atoms with Crippen LogP contribution in [0.2, 0.25) is 0 Å². The van der Waals surface area contributed by atoms with Gasteiger partial charge in [-0.05, 0) is 38.8 Å². The molecule has 0 spiro atoms. The largest absolute Gasteiger partial charge is 0.491 e. The summed E-state index contributed by atoms with van der Waals surface area (Å²) in [6.45, 7) is 12.9. The van der Waals surface area contributed by atoms with Crippen LogP contribution in [0.3, 0.4) is 0 Å². The molecule has 1 unspecified atom stereocenters. The number of anilines is 1. The third kappa shape index (κ3) is 3.67. The Bertz CT molecular complexity index is 488. The van der Waals surface area contributed by atoms with Gasteiger partial charge in [0.15, 0.2) is 11.6 Å². The Kier molecular flexibility index (Phi) is 4.77. The normalized spacial score (nSPS) is 21.7. The summed E-state index contributed by atoms with van der Waals surface area (Å²) < 4.78 is 19.4. The van der Waals surface area contributed by atoms with Crippen molar-refractivity contribution in [3.05, 3.63) is 24.0 Å². The van der Waals surface area contributed by atoms with Gasteiger partial charge in [-0.25, -0.2) is 4.39 Å². The van der Waals surface area contributed by atoms with Crippen LogP contribution < -0.4 is 15.0 Å². The fourth-order valence-corrected chi connectivity index (χ4v) is 2.91. The highest BCUT2D eigenvalue weighted by molar-refractivity contribution is 5.52. The SMILES string of the molecule is CCOc1ccc(N2CC(C)(C)NCC2C(C)C)cc1F. The van der Waals surface area contributed by atoms with Crippen molar-refractivity contribution in [2.75, 3.05) is 24.6 Å².